The van der Waals surface area contributed by atoms with Crippen molar-refractivity contribution in [3.8, 4) is 0 Å². The topological polar surface area (TPSA) is 0 Å². The second kappa shape index (κ2) is 7.47. The van der Waals surface area contributed by atoms with Gasteiger partial charge in [0.1, 0.15) is 0 Å². The molecule has 4 rings (SSSR count). The number of rotatable bonds is 1. The molecule has 0 spiro atoms. The van der Waals surface area contributed by atoms with E-state index in [1.165, 1.54) is 55.7 Å². The van der Waals surface area contributed by atoms with E-state index in [0.29, 0.717) is 11.8 Å². The van der Waals surface area contributed by atoms with Crippen LogP contribution in [0.15, 0.2) is 65.3 Å². The van der Waals surface area contributed by atoms with Crippen LogP contribution in [0.1, 0.15) is 111 Å². The van der Waals surface area contributed by atoms with Gasteiger partial charge in [0.05, 0.1) is 0 Å². The van der Waals surface area contributed by atoms with E-state index in [2.05, 4.69) is 102 Å². The van der Waals surface area contributed by atoms with Gasteiger partial charge >= 0.3 is 0 Å². The molecule has 0 fully saturated rings. The van der Waals surface area contributed by atoms with Crippen molar-refractivity contribution < 1.29 is 0 Å². The van der Waals surface area contributed by atoms with Gasteiger partial charge < -0.3 is 0 Å². The summed E-state index contributed by atoms with van der Waals surface area (Å²) in [6.07, 6.45) is 1.08. The molecular weight excluding hydrogens is 420 g/mol. The second-order valence-corrected chi connectivity index (χ2v) is 13.8. The van der Waals surface area contributed by atoms with Gasteiger partial charge in [0.25, 0.3) is 0 Å². The predicted molar refractivity (Wildman–Crippen MR) is 155 cm³/mol. The van der Waals surface area contributed by atoms with Crippen molar-refractivity contribution in [2.75, 3.05) is 0 Å². The fourth-order valence-corrected chi connectivity index (χ4v) is 8.96. The van der Waals surface area contributed by atoms with Crippen LogP contribution in [0.25, 0.3) is 5.57 Å². The smallest absolute Gasteiger partial charge is 0.0196 e. The molecule has 0 N–H and O–H groups in total. The molecule has 0 radical (unpaired) electrons. The molecule has 1 aromatic carbocycles. The second-order valence-electron chi connectivity index (χ2n) is 13.8. The van der Waals surface area contributed by atoms with Crippen molar-refractivity contribution in [3.05, 3.63) is 87.6 Å². The first-order chi connectivity index (χ1) is 15.9. The lowest BCUT2D eigenvalue weighted by molar-refractivity contribution is -0.0260. The summed E-state index contributed by atoms with van der Waals surface area (Å²) in [5, 5.41) is 0. The maximum atomic E-state index is 4.86. The SMILES string of the molecule is C=C(C)C1=C(C)C[C@@]2(C)[C@H](C)[C@]3(C)C(=C(C)[C@@]2(C)C1=C)C(=C)c1c(ccc(C(C)(C)C)c1C)[C@H]3C. The fraction of sp³-hybridized carbons (Fsp3) is 0.543. The standard InChI is InChI=1S/C35H48/c1-19(2)29-20(3)18-33(13)26(9)34(14)23(6)27-16-17-28(32(10,11)12)21(4)30(27)22(5)31(34)25(8)35(33,15)24(29)7/h16-17,23,26H,1,5,7,18H2,2-4,6,8-15H3/t23-,26+,33+,34-,35-/m1/s1. The van der Waals surface area contributed by atoms with E-state index in [0.717, 1.165) is 12.0 Å². The van der Waals surface area contributed by atoms with Gasteiger partial charge in [-0.25, -0.2) is 0 Å². The van der Waals surface area contributed by atoms with Gasteiger partial charge in [-0.05, 0) is 101 Å². The highest BCUT2D eigenvalue weighted by Gasteiger charge is 2.64. The Hall–Kier alpha value is -2.08. The highest BCUT2D eigenvalue weighted by atomic mass is 14.7. The summed E-state index contributed by atoms with van der Waals surface area (Å²) in [5.41, 5.74) is 15.1. The number of benzene rings is 1. The van der Waals surface area contributed by atoms with Crippen LogP contribution in [0, 0.1) is 29.1 Å². The molecule has 0 heteroatoms. The van der Waals surface area contributed by atoms with E-state index in [-0.39, 0.29) is 21.7 Å². The van der Waals surface area contributed by atoms with E-state index in [4.69, 9.17) is 13.2 Å². The van der Waals surface area contributed by atoms with Crippen molar-refractivity contribution in [2.24, 2.45) is 22.2 Å². The number of fused-ring (bicyclic) bond motifs is 3. The molecule has 0 heterocycles. The Morgan fingerprint density at radius 3 is 2.09 bits per heavy atom. The molecule has 0 amide bonds. The Bertz CT molecular complexity index is 1250. The van der Waals surface area contributed by atoms with Crippen molar-refractivity contribution in [2.45, 2.75) is 101 Å². The van der Waals surface area contributed by atoms with Crippen molar-refractivity contribution in [1.29, 1.82) is 0 Å². The minimum Gasteiger partial charge on any atom is -0.0955 e. The third-order valence-electron chi connectivity index (χ3n) is 11.3. The predicted octanol–water partition coefficient (Wildman–Crippen LogP) is 10.3. The Labute approximate surface area is 216 Å². The first-order valence-corrected chi connectivity index (χ1v) is 13.5. The quantitative estimate of drug-likeness (QED) is 0.384. The van der Waals surface area contributed by atoms with Gasteiger partial charge in [-0.15, -0.1) is 0 Å². The number of hydrogen-bond donors (Lipinski definition) is 0. The Balaban J connectivity index is 2.10. The third-order valence-corrected chi connectivity index (χ3v) is 11.3. The van der Waals surface area contributed by atoms with E-state index in [1.807, 2.05) is 0 Å². The minimum atomic E-state index is -0.134. The minimum absolute atomic E-state index is 0.0133. The van der Waals surface area contributed by atoms with Crippen LogP contribution >= 0.6 is 0 Å². The van der Waals surface area contributed by atoms with Crippen molar-refractivity contribution in [3.63, 3.8) is 0 Å². The average Bonchev–Trinajstić information content (AvgIpc) is 2.73. The zero-order chi connectivity index (χ0) is 26.6. The van der Waals surface area contributed by atoms with E-state index in [1.54, 1.807) is 0 Å². The maximum Gasteiger partial charge on any atom is 0.0196 e. The van der Waals surface area contributed by atoms with E-state index in [9.17, 15) is 0 Å². The molecule has 5 atom stereocenters. The molecule has 3 aliphatic carbocycles. The van der Waals surface area contributed by atoms with Gasteiger partial charge in [0, 0.05) is 10.8 Å². The molecule has 3 aliphatic rings. The maximum absolute atomic E-state index is 4.86. The highest BCUT2D eigenvalue weighted by molar-refractivity contribution is 5.88. The summed E-state index contributed by atoms with van der Waals surface area (Å²) in [6, 6.07) is 4.81. The van der Waals surface area contributed by atoms with Gasteiger partial charge in [-0.3, -0.25) is 0 Å². The Morgan fingerprint density at radius 1 is 1.00 bits per heavy atom. The summed E-state index contributed by atoms with van der Waals surface area (Å²) in [6.45, 7) is 42.6. The van der Waals surface area contributed by atoms with Crippen LogP contribution in [0.4, 0.5) is 0 Å². The summed E-state index contributed by atoms with van der Waals surface area (Å²) in [4.78, 5) is 0. The van der Waals surface area contributed by atoms with E-state index >= 15 is 0 Å². The monoisotopic (exact) mass is 468 g/mol. The van der Waals surface area contributed by atoms with E-state index < -0.39 is 0 Å². The molecule has 0 saturated heterocycles. The summed E-state index contributed by atoms with van der Waals surface area (Å²) in [7, 11) is 0. The number of allylic oxidation sites excluding steroid dienone is 7. The molecule has 1 aromatic rings. The van der Waals surface area contributed by atoms with Crippen molar-refractivity contribution in [1.82, 2.24) is 0 Å². The molecule has 0 saturated carbocycles. The van der Waals surface area contributed by atoms with Gasteiger partial charge in [-0.2, -0.15) is 0 Å². The highest BCUT2D eigenvalue weighted by Crippen LogP contribution is 2.74. The van der Waals surface area contributed by atoms with Crippen LogP contribution in [0.2, 0.25) is 0 Å². The van der Waals surface area contributed by atoms with Crippen LogP contribution in [0.3, 0.4) is 0 Å². The molecule has 0 aliphatic heterocycles. The van der Waals surface area contributed by atoms with Gasteiger partial charge in [0.15, 0.2) is 0 Å². The molecule has 0 bridgehead atoms. The first-order valence-electron chi connectivity index (χ1n) is 13.5. The van der Waals surface area contributed by atoms with Crippen LogP contribution in [-0.4, -0.2) is 0 Å². The molecular formula is C35H48. The lowest BCUT2D eigenvalue weighted by Gasteiger charge is -2.67. The largest absolute Gasteiger partial charge is 0.0955 e. The van der Waals surface area contributed by atoms with Crippen LogP contribution < -0.4 is 0 Å². The number of hydrogen-bond acceptors (Lipinski definition) is 0. The Morgan fingerprint density at radius 2 is 1.57 bits per heavy atom. The molecule has 0 unspecified atom stereocenters. The normalized spacial score (nSPS) is 35.1. The van der Waals surface area contributed by atoms with Gasteiger partial charge in [0.2, 0.25) is 0 Å². The zero-order valence-corrected chi connectivity index (χ0v) is 24.6. The lowest BCUT2D eigenvalue weighted by atomic mass is 9.36. The lowest BCUT2D eigenvalue weighted by Crippen LogP contribution is -2.58. The summed E-state index contributed by atoms with van der Waals surface area (Å²) < 4.78 is 0. The zero-order valence-electron chi connectivity index (χ0n) is 24.6. The van der Waals surface area contributed by atoms with Gasteiger partial charge in [-0.1, -0.05) is 104 Å². The van der Waals surface area contributed by atoms with Crippen LogP contribution in [0.5, 0.6) is 0 Å². The summed E-state index contributed by atoms with van der Waals surface area (Å²) in [5.74, 6) is 0.872. The molecule has 0 nitrogen and oxygen atoms in total. The fourth-order valence-electron chi connectivity index (χ4n) is 8.96. The Kier molecular flexibility index (Phi) is 5.55. The molecule has 35 heavy (non-hydrogen) atoms. The summed E-state index contributed by atoms with van der Waals surface area (Å²) >= 11 is 0. The molecule has 0 aromatic heterocycles. The van der Waals surface area contributed by atoms with Crippen molar-refractivity contribution >= 4 is 5.57 Å². The average molecular weight is 469 g/mol. The van der Waals surface area contributed by atoms with Crippen LogP contribution in [-0.2, 0) is 5.41 Å². The first kappa shape index (κ1) is 26.0. The molecule has 188 valence electrons. The third kappa shape index (κ3) is 2.92.